The molecule has 1 aromatic carbocycles. The Morgan fingerprint density at radius 2 is 1.72 bits per heavy atom. The van der Waals surface area contributed by atoms with E-state index in [1.165, 1.54) is 18.6 Å². The first kappa shape index (κ1) is 18.9. The molecule has 2 rings (SSSR count). The van der Waals surface area contributed by atoms with Crippen molar-refractivity contribution in [2.24, 2.45) is 0 Å². The fourth-order valence-corrected chi connectivity index (χ4v) is 3.05. The third kappa shape index (κ3) is 5.55. The van der Waals surface area contributed by atoms with Crippen molar-refractivity contribution >= 4 is 17.6 Å². The Labute approximate surface area is 146 Å². The van der Waals surface area contributed by atoms with Crippen LogP contribution in [-0.2, 0) is 4.74 Å². The molecule has 0 saturated heterocycles. The molecule has 1 saturated carbocycles. The van der Waals surface area contributed by atoms with Crippen molar-refractivity contribution in [3.63, 3.8) is 0 Å². The number of carbonyl (C=O) groups excluding carboxylic acids is 2. The zero-order valence-corrected chi connectivity index (χ0v) is 14.5. The maximum atomic E-state index is 12.5. The first-order valence-corrected chi connectivity index (χ1v) is 8.78. The average Bonchev–Trinajstić information content (AvgIpc) is 2.56. The van der Waals surface area contributed by atoms with Gasteiger partial charge in [0.1, 0.15) is 0 Å². The predicted molar refractivity (Wildman–Crippen MR) is 92.6 cm³/mol. The van der Waals surface area contributed by atoms with E-state index in [0.717, 1.165) is 44.6 Å². The van der Waals surface area contributed by atoms with Gasteiger partial charge in [0, 0.05) is 23.7 Å². The number of hydrogen-bond donors (Lipinski definition) is 1. The fraction of sp³-hybridized carbons (Fsp3) is 0.556. The minimum atomic E-state index is -0.675. The Morgan fingerprint density at radius 1 is 1.12 bits per heavy atom. The van der Waals surface area contributed by atoms with E-state index in [1.807, 2.05) is 0 Å². The number of nitrogens with one attached hydrogen (secondary N) is 1. The normalized spacial score (nSPS) is 15.7. The Bertz CT molecular complexity index is 636. The summed E-state index contributed by atoms with van der Waals surface area (Å²) in [5.41, 5.74) is -0.174. The highest BCUT2D eigenvalue weighted by Crippen LogP contribution is 2.20. The maximum Gasteiger partial charge on any atom is 0.338 e. The lowest BCUT2D eigenvalue weighted by Gasteiger charge is -2.21. The van der Waals surface area contributed by atoms with Crippen LogP contribution in [0.5, 0.6) is 0 Å². The number of nitro groups is 1. The molecule has 7 nitrogen and oxygen atoms in total. The van der Waals surface area contributed by atoms with Gasteiger partial charge >= 0.3 is 5.97 Å². The fourth-order valence-electron chi connectivity index (χ4n) is 3.05. The summed E-state index contributed by atoms with van der Waals surface area (Å²) in [5, 5.41) is 14.1. The van der Waals surface area contributed by atoms with Crippen LogP contribution in [0.1, 0.15) is 72.6 Å². The summed E-state index contributed by atoms with van der Waals surface area (Å²) < 4.78 is 4.88. The number of amides is 1. The quantitative estimate of drug-likeness (QED) is 0.498. The minimum Gasteiger partial charge on any atom is -0.462 e. The van der Waals surface area contributed by atoms with Gasteiger partial charge in [-0.2, -0.15) is 0 Å². The first-order valence-electron chi connectivity index (χ1n) is 8.78. The van der Waals surface area contributed by atoms with E-state index in [4.69, 9.17) is 4.74 Å². The third-order valence-electron chi connectivity index (χ3n) is 4.34. The summed E-state index contributed by atoms with van der Waals surface area (Å²) in [6.45, 7) is 1.81. The van der Waals surface area contributed by atoms with Crippen molar-refractivity contribution in [1.29, 1.82) is 0 Å². The number of esters is 1. The maximum absolute atomic E-state index is 12.5. The zero-order chi connectivity index (χ0) is 18.2. The van der Waals surface area contributed by atoms with Crippen LogP contribution in [0.25, 0.3) is 0 Å². The molecule has 0 unspecified atom stereocenters. The number of non-ortho nitro benzene ring substituents is 1. The molecule has 1 aliphatic rings. The third-order valence-corrected chi connectivity index (χ3v) is 4.34. The molecule has 1 aromatic rings. The van der Waals surface area contributed by atoms with Gasteiger partial charge in [-0.1, -0.05) is 32.1 Å². The molecule has 0 heterocycles. The standard InChI is InChI=1S/C18H24N2O5/c1-2-25-18(22)14-10-13(11-16(12-14)20(23)24)17(21)19-15-8-6-4-3-5-7-9-15/h10-12,15H,2-9H2,1H3,(H,19,21). The van der Waals surface area contributed by atoms with Crippen molar-refractivity contribution in [3.8, 4) is 0 Å². The highest BCUT2D eigenvalue weighted by molar-refractivity contribution is 5.99. The Kier molecular flexibility index (Phi) is 6.91. The number of hydrogen-bond acceptors (Lipinski definition) is 5. The lowest BCUT2D eigenvalue weighted by Crippen LogP contribution is -2.35. The molecule has 0 aromatic heterocycles. The van der Waals surface area contributed by atoms with Crippen LogP contribution >= 0.6 is 0 Å². The van der Waals surface area contributed by atoms with Crippen LogP contribution in [0.15, 0.2) is 18.2 Å². The van der Waals surface area contributed by atoms with Crippen molar-refractivity contribution < 1.29 is 19.2 Å². The van der Waals surface area contributed by atoms with Gasteiger partial charge in [-0.15, -0.1) is 0 Å². The van der Waals surface area contributed by atoms with Crippen LogP contribution in [0.4, 0.5) is 5.69 Å². The monoisotopic (exact) mass is 348 g/mol. The summed E-state index contributed by atoms with van der Waals surface area (Å²) >= 11 is 0. The van der Waals surface area contributed by atoms with Gasteiger partial charge < -0.3 is 10.1 Å². The smallest absolute Gasteiger partial charge is 0.338 e. The highest BCUT2D eigenvalue weighted by Gasteiger charge is 2.21. The Morgan fingerprint density at radius 3 is 2.32 bits per heavy atom. The Hall–Kier alpha value is -2.44. The van der Waals surface area contributed by atoms with Crippen molar-refractivity contribution in [2.45, 2.75) is 57.9 Å². The van der Waals surface area contributed by atoms with Crippen LogP contribution in [0.2, 0.25) is 0 Å². The topological polar surface area (TPSA) is 98.5 Å². The van der Waals surface area contributed by atoms with E-state index in [1.54, 1.807) is 6.92 Å². The van der Waals surface area contributed by atoms with E-state index in [-0.39, 0.29) is 35.4 Å². The molecule has 1 amide bonds. The number of nitrogens with zero attached hydrogens (tertiary/aromatic N) is 1. The molecule has 0 atom stereocenters. The lowest BCUT2D eigenvalue weighted by atomic mass is 9.96. The predicted octanol–water partition coefficient (Wildman–Crippen LogP) is 3.61. The summed E-state index contributed by atoms with van der Waals surface area (Å²) in [5.74, 6) is -1.06. The molecular weight excluding hydrogens is 324 g/mol. The number of carbonyl (C=O) groups is 2. The molecule has 1 fully saturated rings. The SMILES string of the molecule is CCOC(=O)c1cc(C(=O)NC2CCCCCCC2)cc([N+](=O)[O-])c1. The second-order valence-corrected chi connectivity index (χ2v) is 6.26. The largest absolute Gasteiger partial charge is 0.462 e. The first-order chi connectivity index (χ1) is 12.0. The second kappa shape index (κ2) is 9.15. The van der Waals surface area contributed by atoms with Crippen LogP contribution in [0.3, 0.4) is 0 Å². The van der Waals surface area contributed by atoms with E-state index < -0.39 is 10.9 Å². The van der Waals surface area contributed by atoms with Gasteiger partial charge in [0.15, 0.2) is 0 Å². The summed E-state index contributed by atoms with van der Waals surface area (Å²) in [4.78, 5) is 34.9. The van der Waals surface area contributed by atoms with E-state index in [2.05, 4.69) is 5.32 Å². The van der Waals surface area contributed by atoms with Crippen molar-refractivity contribution in [1.82, 2.24) is 5.32 Å². The second-order valence-electron chi connectivity index (χ2n) is 6.26. The van der Waals surface area contributed by atoms with Crippen molar-refractivity contribution in [2.75, 3.05) is 6.61 Å². The zero-order valence-electron chi connectivity index (χ0n) is 14.5. The Balaban J connectivity index is 2.18. The van der Waals surface area contributed by atoms with Gasteiger partial charge in [0.05, 0.1) is 17.1 Å². The molecule has 0 spiro atoms. The molecule has 0 bridgehead atoms. The molecule has 1 aliphatic carbocycles. The highest BCUT2D eigenvalue weighted by atomic mass is 16.6. The summed E-state index contributed by atoms with van der Waals surface area (Å²) in [6.07, 6.45) is 7.50. The molecule has 0 aliphatic heterocycles. The molecule has 0 radical (unpaired) electrons. The van der Waals surface area contributed by atoms with E-state index in [9.17, 15) is 19.7 Å². The van der Waals surface area contributed by atoms with Gasteiger partial charge in [0.25, 0.3) is 11.6 Å². The van der Waals surface area contributed by atoms with Gasteiger partial charge in [0.2, 0.25) is 0 Å². The lowest BCUT2D eigenvalue weighted by molar-refractivity contribution is -0.384. The summed E-state index contributed by atoms with van der Waals surface area (Å²) in [6, 6.07) is 3.74. The van der Waals surface area contributed by atoms with Crippen LogP contribution < -0.4 is 5.32 Å². The van der Waals surface area contributed by atoms with Crippen molar-refractivity contribution in [3.05, 3.63) is 39.4 Å². The number of ether oxygens (including phenoxy) is 1. The van der Waals surface area contributed by atoms with Gasteiger partial charge in [-0.05, 0) is 25.8 Å². The number of benzene rings is 1. The average molecular weight is 348 g/mol. The molecule has 25 heavy (non-hydrogen) atoms. The van der Waals surface area contributed by atoms with E-state index in [0.29, 0.717) is 0 Å². The summed E-state index contributed by atoms with van der Waals surface area (Å²) in [7, 11) is 0. The number of rotatable bonds is 5. The van der Waals surface area contributed by atoms with E-state index >= 15 is 0 Å². The minimum absolute atomic E-state index is 0.0128. The molecule has 136 valence electrons. The molecular formula is C18H24N2O5. The van der Waals surface area contributed by atoms with Crippen LogP contribution in [-0.4, -0.2) is 29.4 Å². The van der Waals surface area contributed by atoms with Crippen LogP contribution in [0, 0.1) is 10.1 Å². The van der Waals surface area contributed by atoms with Gasteiger partial charge in [-0.25, -0.2) is 4.79 Å². The van der Waals surface area contributed by atoms with Gasteiger partial charge in [-0.3, -0.25) is 14.9 Å². The molecule has 7 heteroatoms. The molecule has 1 N–H and O–H groups in total. The number of nitro benzene ring substituents is 1.